The predicted molar refractivity (Wildman–Crippen MR) is 97.5 cm³/mol. The molecule has 1 heterocycles. The first-order valence-electron chi connectivity index (χ1n) is 8.35. The second kappa shape index (κ2) is 7.38. The van der Waals surface area contributed by atoms with Gasteiger partial charge in [0.05, 0.1) is 6.54 Å². The fourth-order valence-electron chi connectivity index (χ4n) is 2.54. The Labute approximate surface area is 148 Å². The van der Waals surface area contributed by atoms with Crippen LogP contribution in [0.2, 0.25) is 0 Å². The molecule has 5 heteroatoms. The highest BCUT2D eigenvalue weighted by Gasteiger charge is 2.17. The molecule has 0 spiro atoms. The minimum atomic E-state index is 0.0626. The van der Waals surface area contributed by atoms with Crippen molar-refractivity contribution in [1.82, 2.24) is 10.2 Å². The lowest BCUT2D eigenvalue weighted by atomic mass is 9.86. The molecule has 0 aliphatic rings. The van der Waals surface area contributed by atoms with Crippen LogP contribution in [0.5, 0.6) is 5.75 Å². The molecule has 0 saturated heterocycles. The van der Waals surface area contributed by atoms with Crippen molar-refractivity contribution in [3.8, 4) is 5.75 Å². The summed E-state index contributed by atoms with van der Waals surface area (Å²) < 4.78 is 11.3. The van der Waals surface area contributed by atoms with Crippen LogP contribution in [-0.4, -0.2) is 10.2 Å². The van der Waals surface area contributed by atoms with E-state index in [4.69, 9.17) is 9.15 Å². The van der Waals surface area contributed by atoms with Gasteiger partial charge in [0.25, 0.3) is 5.89 Å². The molecule has 0 aliphatic carbocycles. The number of nitrogens with one attached hydrogen (secondary N) is 1. The third-order valence-corrected chi connectivity index (χ3v) is 3.78. The summed E-state index contributed by atoms with van der Waals surface area (Å²) in [5.41, 5.74) is 2.39. The Kier molecular flexibility index (Phi) is 5.03. The van der Waals surface area contributed by atoms with E-state index < -0.39 is 0 Å². The molecule has 0 atom stereocenters. The van der Waals surface area contributed by atoms with E-state index in [1.54, 1.807) is 0 Å². The Balaban J connectivity index is 1.59. The average Bonchev–Trinajstić information content (AvgIpc) is 3.06. The zero-order valence-corrected chi connectivity index (χ0v) is 14.8. The van der Waals surface area contributed by atoms with Crippen LogP contribution in [0.25, 0.3) is 0 Å². The van der Waals surface area contributed by atoms with E-state index in [2.05, 4.69) is 54.5 Å². The molecule has 3 aromatic rings. The lowest BCUT2D eigenvalue weighted by Gasteiger charge is -2.23. The summed E-state index contributed by atoms with van der Waals surface area (Å²) in [7, 11) is 0. The second-order valence-electron chi connectivity index (χ2n) is 6.84. The zero-order valence-electron chi connectivity index (χ0n) is 14.8. The van der Waals surface area contributed by atoms with Gasteiger partial charge in [-0.1, -0.05) is 57.2 Å². The highest BCUT2D eigenvalue weighted by molar-refractivity contribution is 5.54. The van der Waals surface area contributed by atoms with E-state index in [0.29, 0.717) is 18.3 Å². The normalized spacial score (nSPS) is 11.3. The van der Waals surface area contributed by atoms with Gasteiger partial charge >= 0.3 is 0 Å². The number of rotatable bonds is 6. The SMILES string of the molecule is CC(C)(C)c1ccccc1NCc1nnc(COc2ccccc2)o1. The minimum Gasteiger partial charge on any atom is -0.484 e. The molecular formula is C20H23N3O2. The van der Waals surface area contributed by atoms with E-state index >= 15 is 0 Å². The zero-order chi connectivity index (χ0) is 17.7. The molecule has 0 aliphatic heterocycles. The van der Waals surface area contributed by atoms with E-state index in [9.17, 15) is 0 Å². The number of ether oxygens (including phenoxy) is 1. The van der Waals surface area contributed by atoms with Crippen LogP contribution < -0.4 is 10.1 Å². The fraction of sp³-hybridized carbons (Fsp3) is 0.300. The maximum atomic E-state index is 5.64. The highest BCUT2D eigenvalue weighted by atomic mass is 16.5. The van der Waals surface area contributed by atoms with Gasteiger partial charge in [-0.05, 0) is 29.2 Å². The molecule has 25 heavy (non-hydrogen) atoms. The monoisotopic (exact) mass is 337 g/mol. The van der Waals surface area contributed by atoms with E-state index in [1.807, 2.05) is 36.4 Å². The molecule has 0 radical (unpaired) electrons. The largest absolute Gasteiger partial charge is 0.484 e. The van der Waals surface area contributed by atoms with Crippen molar-refractivity contribution >= 4 is 5.69 Å². The van der Waals surface area contributed by atoms with Crippen LogP contribution in [0.4, 0.5) is 5.69 Å². The number of anilines is 1. The smallest absolute Gasteiger partial charge is 0.253 e. The van der Waals surface area contributed by atoms with Gasteiger partial charge < -0.3 is 14.5 Å². The summed E-state index contributed by atoms with van der Waals surface area (Å²) in [6, 6.07) is 17.8. The van der Waals surface area contributed by atoms with Crippen LogP contribution in [0, 0.1) is 0 Å². The van der Waals surface area contributed by atoms with Gasteiger partial charge in [0.15, 0.2) is 6.61 Å². The number of hydrogen-bond donors (Lipinski definition) is 1. The quantitative estimate of drug-likeness (QED) is 0.714. The minimum absolute atomic E-state index is 0.0626. The van der Waals surface area contributed by atoms with E-state index in [1.165, 1.54) is 5.56 Å². The van der Waals surface area contributed by atoms with Crippen LogP contribution in [0.15, 0.2) is 59.0 Å². The number of para-hydroxylation sites is 2. The molecule has 0 bridgehead atoms. The Morgan fingerprint density at radius 2 is 1.60 bits per heavy atom. The number of hydrogen-bond acceptors (Lipinski definition) is 5. The number of benzene rings is 2. The van der Waals surface area contributed by atoms with Crippen molar-refractivity contribution in [3.05, 3.63) is 71.9 Å². The Morgan fingerprint density at radius 3 is 2.36 bits per heavy atom. The molecular weight excluding hydrogens is 314 g/mol. The van der Waals surface area contributed by atoms with Crippen LogP contribution in [-0.2, 0) is 18.6 Å². The molecule has 0 unspecified atom stereocenters. The second-order valence-corrected chi connectivity index (χ2v) is 6.84. The summed E-state index contributed by atoms with van der Waals surface area (Å²) in [4.78, 5) is 0. The summed E-state index contributed by atoms with van der Waals surface area (Å²) in [6.07, 6.45) is 0. The summed E-state index contributed by atoms with van der Waals surface area (Å²) in [6.45, 7) is 7.32. The van der Waals surface area contributed by atoms with Crippen molar-refractivity contribution < 1.29 is 9.15 Å². The van der Waals surface area contributed by atoms with Gasteiger partial charge in [-0.3, -0.25) is 0 Å². The lowest BCUT2D eigenvalue weighted by Crippen LogP contribution is -2.14. The average molecular weight is 337 g/mol. The molecule has 5 nitrogen and oxygen atoms in total. The van der Waals surface area contributed by atoms with Gasteiger partial charge in [-0.2, -0.15) is 0 Å². The maximum absolute atomic E-state index is 5.64. The first kappa shape index (κ1) is 17.0. The van der Waals surface area contributed by atoms with E-state index in [-0.39, 0.29) is 12.0 Å². The van der Waals surface area contributed by atoms with Crippen molar-refractivity contribution in [2.24, 2.45) is 0 Å². The maximum Gasteiger partial charge on any atom is 0.253 e. The number of aromatic nitrogens is 2. The summed E-state index contributed by atoms with van der Waals surface area (Å²) in [5, 5.41) is 11.5. The van der Waals surface area contributed by atoms with Crippen LogP contribution >= 0.6 is 0 Å². The molecule has 130 valence electrons. The third kappa shape index (κ3) is 4.59. The van der Waals surface area contributed by atoms with Crippen molar-refractivity contribution in [2.45, 2.75) is 39.3 Å². The van der Waals surface area contributed by atoms with Crippen molar-refractivity contribution in [2.75, 3.05) is 5.32 Å². The topological polar surface area (TPSA) is 60.2 Å². The molecule has 2 aromatic carbocycles. The number of nitrogens with zero attached hydrogens (tertiary/aromatic N) is 2. The molecule has 0 fully saturated rings. The van der Waals surface area contributed by atoms with E-state index in [0.717, 1.165) is 11.4 Å². The Hall–Kier alpha value is -2.82. The molecule has 1 N–H and O–H groups in total. The standard InChI is InChI=1S/C20H23N3O2/c1-20(2,3)16-11-7-8-12-17(16)21-13-18-22-23-19(25-18)14-24-15-9-5-4-6-10-15/h4-12,21H,13-14H2,1-3H3. The van der Waals surface area contributed by atoms with Crippen LogP contribution in [0.1, 0.15) is 38.1 Å². The first-order chi connectivity index (χ1) is 12.0. The first-order valence-corrected chi connectivity index (χ1v) is 8.35. The molecule has 1 aromatic heterocycles. The molecule has 0 saturated carbocycles. The predicted octanol–water partition coefficient (Wildman–Crippen LogP) is 4.56. The van der Waals surface area contributed by atoms with Gasteiger partial charge in [-0.25, -0.2) is 0 Å². The van der Waals surface area contributed by atoms with Gasteiger partial charge in [0.2, 0.25) is 5.89 Å². The van der Waals surface area contributed by atoms with Gasteiger partial charge in [0.1, 0.15) is 5.75 Å². The molecule has 3 rings (SSSR count). The van der Waals surface area contributed by atoms with Crippen molar-refractivity contribution in [1.29, 1.82) is 0 Å². The van der Waals surface area contributed by atoms with Crippen molar-refractivity contribution in [3.63, 3.8) is 0 Å². The van der Waals surface area contributed by atoms with Gasteiger partial charge in [-0.15, -0.1) is 10.2 Å². The molecule has 0 amide bonds. The Morgan fingerprint density at radius 1 is 0.920 bits per heavy atom. The fourth-order valence-corrected chi connectivity index (χ4v) is 2.54. The lowest BCUT2D eigenvalue weighted by molar-refractivity contribution is 0.259. The highest BCUT2D eigenvalue weighted by Crippen LogP contribution is 2.29. The summed E-state index contributed by atoms with van der Waals surface area (Å²) >= 11 is 0. The van der Waals surface area contributed by atoms with Crippen LogP contribution in [0.3, 0.4) is 0 Å². The third-order valence-electron chi connectivity index (χ3n) is 3.78. The summed E-state index contributed by atoms with van der Waals surface area (Å²) in [5.74, 6) is 1.78. The van der Waals surface area contributed by atoms with Gasteiger partial charge in [0, 0.05) is 5.69 Å². The Bertz CT molecular complexity index is 807.